The van der Waals surface area contributed by atoms with Crippen LogP contribution in [0.4, 0.5) is 0 Å². The molecule has 2 N–H and O–H groups in total. The zero-order valence-electron chi connectivity index (χ0n) is 18.7. The molecule has 1 atom stereocenters. The van der Waals surface area contributed by atoms with Crippen molar-refractivity contribution in [3.8, 4) is 0 Å². The Balaban J connectivity index is 0.00000320. The molecule has 2 fully saturated rings. The van der Waals surface area contributed by atoms with Crippen LogP contribution < -0.4 is 10.6 Å². The van der Waals surface area contributed by atoms with Crippen molar-refractivity contribution in [1.29, 1.82) is 0 Å². The summed E-state index contributed by atoms with van der Waals surface area (Å²) in [7, 11) is 1.88. The zero-order chi connectivity index (χ0) is 20.5. The summed E-state index contributed by atoms with van der Waals surface area (Å²) < 4.78 is 11.5. The van der Waals surface area contributed by atoms with E-state index in [1.54, 1.807) is 0 Å². The van der Waals surface area contributed by atoms with E-state index in [-0.39, 0.29) is 29.5 Å². The van der Waals surface area contributed by atoms with Gasteiger partial charge in [0.05, 0.1) is 6.10 Å². The van der Waals surface area contributed by atoms with Crippen molar-refractivity contribution in [2.45, 2.75) is 57.2 Å². The molecule has 3 rings (SSSR count). The van der Waals surface area contributed by atoms with E-state index in [1.165, 1.54) is 5.56 Å². The summed E-state index contributed by atoms with van der Waals surface area (Å²) in [6.45, 7) is 9.56. The summed E-state index contributed by atoms with van der Waals surface area (Å²) in [5, 5.41) is 7.59. The van der Waals surface area contributed by atoms with E-state index < -0.39 is 0 Å². The Morgan fingerprint density at radius 2 is 1.90 bits per heavy atom. The predicted molar refractivity (Wildman–Crippen MR) is 134 cm³/mol. The quantitative estimate of drug-likeness (QED) is 0.321. The van der Waals surface area contributed by atoms with Gasteiger partial charge < -0.3 is 25.0 Å². The zero-order valence-corrected chi connectivity index (χ0v) is 21.1. The van der Waals surface area contributed by atoms with Gasteiger partial charge in [-0.3, -0.25) is 4.99 Å². The number of benzene rings is 1. The van der Waals surface area contributed by atoms with Crippen LogP contribution in [-0.2, 0) is 9.47 Å². The van der Waals surface area contributed by atoms with Crippen molar-refractivity contribution in [3.63, 3.8) is 0 Å². The molecule has 1 aromatic rings. The number of hydrogen-bond donors (Lipinski definition) is 2. The number of likely N-dealkylation sites (tertiary alicyclic amines) is 1. The van der Waals surface area contributed by atoms with Crippen LogP contribution >= 0.6 is 24.0 Å². The summed E-state index contributed by atoms with van der Waals surface area (Å²) in [4.78, 5) is 6.93. The number of nitrogens with one attached hydrogen (secondary N) is 2. The second-order valence-electron chi connectivity index (χ2n) is 8.21. The molecule has 0 saturated carbocycles. The van der Waals surface area contributed by atoms with Gasteiger partial charge in [0, 0.05) is 58.1 Å². The molecule has 0 aliphatic carbocycles. The van der Waals surface area contributed by atoms with Crippen molar-refractivity contribution in [1.82, 2.24) is 15.5 Å². The van der Waals surface area contributed by atoms with E-state index >= 15 is 0 Å². The third kappa shape index (κ3) is 7.07. The van der Waals surface area contributed by atoms with Crippen LogP contribution in [0.1, 0.15) is 51.1 Å². The fraction of sp³-hybridized carbons (Fsp3) is 0.696. The van der Waals surface area contributed by atoms with Gasteiger partial charge in [0.25, 0.3) is 0 Å². The maximum absolute atomic E-state index is 5.79. The number of piperidine rings is 1. The molecule has 2 heterocycles. The van der Waals surface area contributed by atoms with Gasteiger partial charge in [-0.25, -0.2) is 0 Å². The van der Waals surface area contributed by atoms with E-state index in [0.29, 0.717) is 12.1 Å². The lowest BCUT2D eigenvalue weighted by molar-refractivity contribution is 0.0250. The van der Waals surface area contributed by atoms with E-state index in [1.807, 2.05) is 7.05 Å². The molecule has 7 heteroatoms. The minimum Gasteiger partial charge on any atom is -0.381 e. The lowest BCUT2D eigenvalue weighted by Crippen LogP contribution is -2.59. The van der Waals surface area contributed by atoms with Gasteiger partial charge >= 0.3 is 0 Å². The normalized spacial score (nSPS) is 21.0. The van der Waals surface area contributed by atoms with Crippen LogP contribution in [0.15, 0.2) is 35.3 Å². The highest BCUT2D eigenvalue weighted by Gasteiger charge is 2.34. The summed E-state index contributed by atoms with van der Waals surface area (Å²) >= 11 is 0. The number of aliphatic imine (C=N–C) groups is 1. The SMILES string of the molecule is CCOC1CCN(C(=NC)NCC2(NC(C)c3ccccc3)CCOCC2)CC1.I. The van der Waals surface area contributed by atoms with Crippen molar-refractivity contribution in [2.75, 3.05) is 46.5 Å². The highest BCUT2D eigenvalue weighted by molar-refractivity contribution is 14.0. The van der Waals surface area contributed by atoms with Crippen LogP contribution in [0, 0.1) is 0 Å². The first kappa shape index (κ1) is 25.4. The number of nitrogens with zero attached hydrogens (tertiary/aromatic N) is 2. The van der Waals surface area contributed by atoms with E-state index in [0.717, 1.165) is 71.1 Å². The van der Waals surface area contributed by atoms with Crippen LogP contribution in [0.2, 0.25) is 0 Å². The number of guanidine groups is 1. The lowest BCUT2D eigenvalue weighted by atomic mass is 9.88. The third-order valence-corrected chi connectivity index (χ3v) is 6.21. The molecule has 0 amide bonds. The molecule has 2 aliphatic rings. The molecule has 0 aromatic heterocycles. The van der Waals surface area contributed by atoms with Crippen LogP contribution in [0.5, 0.6) is 0 Å². The van der Waals surface area contributed by atoms with Crippen LogP contribution in [-0.4, -0.2) is 69.0 Å². The van der Waals surface area contributed by atoms with Crippen LogP contribution in [0.3, 0.4) is 0 Å². The average Bonchev–Trinajstić information content (AvgIpc) is 2.77. The molecule has 170 valence electrons. The van der Waals surface area contributed by atoms with Gasteiger partial charge in [-0.2, -0.15) is 0 Å². The van der Waals surface area contributed by atoms with E-state index in [9.17, 15) is 0 Å². The molecule has 1 unspecified atom stereocenters. The summed E-state index contributed by atoms with van der Waals surface area (Å²) in [5.41, 5.74) is 1.33. The first-order chi connectivity index (χ1) is 14.2. The first-order valence-electron chi connectivity index (χ1n) is 11.1. The van der Waals surface area contributed by atoms with E-state index in [2.05, 4.69) is 64.7 Å². The smallest absolute Gasteiger partial charge is 0.193 e. The van der Waals surface area contributed by atoms with Crippen LogP contribution in [0.25, 0.3) is 0 Å². The fourth-order valence-corrected chi connectivity index (χ4v) is 4.47. The lowest BCUT2D eigenvalue weighted by Gasteiger charge is -2.42. The molecular formula is C23H39IN4O2. The van der Waals surface area contributed by atoms with E-state index in [4.69, 9.17) is 9.47 Å². The standard InChI is InChI=1S/C23H38N4O2.HI/c1-4-29-21-10-14-27(15-11-21)22(24-3)25-18-23(12-16-28-17-13-23)26-19(2)20-8-6-5-7-9-20;/h5-9,19,21,26H,4,10-18H2,1-3H3,(H,24,25);1H. The number of hydrogen-bond acceptors (Lipinski definition) is 4. The Bertz CT molecular complexity index is 629. The number of ether oxygens (including phenoxy) is 2. The maximum atomic E-state index is 5.79. The predicted octanol–water partition coefficient (Wildman–Crippen LogP) is 3.58. The molecule has 0 bridgehead atoms. The highest BCUT2D eigenvalue weighted by atomic mass is 127. The third-order valence-electron chi connectivity index (χ3n) is 6.21. The van der Waals surface area contributed by atoms with Gasteiger partial charge in [0.2, 0.25) is 0 Å². The minimum absolute atomic E-state index is 0. The van der Waals surface area contributed by atoms with Crippen molar-refractivity contribution in [3.05, 3.63) is 35.9 Å². The summed E-state index contributed by atoms with van der Waals surface area (Å²) in [6.07, 6.45) is 4.53. The number of halogens is 1. The Kier molecular flexibility index (Phi) is 10.8. The number of rotatable bonds is 7. The molecular weight excluding hydrogens is 491 g/mol. The van der Waals surface area contributed by atoms with Gasteiger partial charge in [-0.15, -0.1) is 24.0 Å². The Hall–Kier alpha value is -0.900. The molecule has 6 nitrogen and oxygen atoms in total. The Morgan fingerprint density at radius 1 is 1.23 bits per heavy atom. The molecule has 0 radical (unpaired) electrons. The van der Waals surface area contributed by atoms with Crippen molar-refractivity contribution in [2.24, 2.45) is 4.99 Å². The van der Waals surface area contributed by atoms with Gasteiger partial charge in [0.1, 0.15) is 0 Å². The van der Waals surface area contributed by atoms with Gasteiger partial charge in [-0.1, -0.05) is 30.3 Å². The topological polar surface area (TPSA) is 58.1 Å². The second kappa shape index (κ2) is 12.8. The monoisotopic (exact) mass is 530 g/mol. The van der Waals surface area contributed by atoms with Crippen molar-refractivity contribution >= 4 is 29.9 Å². The molecule has 1 aromatic carbocycles. The Morgan fingerprint density at radius 3 is 2.50 bits per heavy atom. The van der Waals surface area contributed by atoms with Gasteiger partial charge in [0.15, 0.2) is 5.96 Å². The minimum atomic E-state index is 0. The first-order valence-corrected chi connectivity index (χ1v) is 11.1. The summed E-state index contributed by atoms with van der Waals surface area (Å²) in [6, 6.07) is 11.0. The average molecular weight is 530 g/mol. The van der Waals surface area contributed by atoms with Crippen molar-refractivity contribution < 1.29 is 9.47 Å². The maximum Gasteiger partial charge on any atom is 0.193 e. The molecule has 0 spiro atoms. The van der Waals surface area contributed by atoms with Gasteiger partial charge in [-0.05, 0) is 45.1 Å². The second-order valence-corrected chi connectivity index (χ2v) is 8.21. The molecule has 2 saturated heterocycles. The fourth-order valence-electron chi connectivity index (χ4n) is 4.47. The largest absolute Gasteiger partial charge is 0.381 e. The Labute approximate surface area is 199 Å². The molecule has 2 aliphatic heterocycles. The summed E-state index contributed by atoms with van der Waals surface area (Å²) in [5.74, 6) is 1.000. The highest BCUT2D eigenvalue weighted by Crippen LogP contribution is 2.25. The molecule has 30 heavy (non-hydrogen) atoms.